The van der Waals surface area contributed by atoms with Crippen LogP contribution in [0.3, 0.4) is 0 Å². The number of ether oxygens (including phenoxy) is 2. The zero-order chi connectivity index (χ0) is 18.5. The van der Waals surface area contributed by atoms with Gasteiger partial charge in [0.15, 0.2) is 17.3 Å². The Kier molecular flexibility index (Phi) is 5.75. The predicted molar refractivity (Wildman–Crippen MR) is 95.5 cm³/mol. The molecule has 0 fully saturated rings. The molecule has 1 aliphatic heterocycles. The number of Topliss-reactive ketones (excluding diaryl/α,β-unsaturated/α-hetero) is 1. The molecule has 2 aromatic rings. The van der Waals surface area contributed by atoms with E-state index in [1.54, 1.807) is 36.4 Å². The number of hydrazine groups is 1. The SMILES string of the molecule is O=C(CCC(=O)c1ccc(Cl)s1)NNC(=O)[C@H]1COc2ccccc2O1. The molecule has 0 aliphatic carbocycles. The molecule has 0 unspecified atom stereocenters. The number of hydrogen-bond donors (Lipinski definition) is 2. The Balaban J connectivity index is 1.42. The molecule has 7 nitrogen and oxygen atoms in total. The van der Waals surface area contributed by atoms with Crippen LogP contribution in [0.5, 0.6) is 11.5 Å². The van der Waals surface area contributed by atoms with Gasteiger partial charge in [-0.3, -0.25) is 25.2 Å². The largest absolute Gasteiger partial charge is 0.485 e. The van der Waals surface area contributed by atoms with Crippen LogP contribution < -0.4 is 20.3 Å². The van der Waals surface area contributed by atoms with Gasteiger partial charge in [-0.2, -0.15) is 0 Å². The molecule has 0 spiro atoms. The van der Waals surface area contributed by atoms with Gasteiger partial charge in [-0.05, 0) is 24.3 Å². The van der Waals surface area contributed by atoms with Gasteiger partial charge in [0, 0.05) is 12.8 Å². The smallest absolute Gasteiger partial charge is 0.283 e. The molecule has 0 bridgehead atoms. The Labute approximate surface area is 158 Å². The predicted octanol–water partition coefficient (Wildman–Crippen LogP) is 2.35. The van der Waals surface area contributed by atoms with Gasteiger partial charge in [-0.15, -0.1) is 11.3 Å². The summed E-state index contributed by atoms with van der Waals surface area (Å²) in [5.74, 6) is -0.169. The van der Waals surface area contributed by atoms with Crippen LogP contribution in [-0.4, -0.2) is 30.3 Å². The fraction of sp³-hybridized carbons (Fsp3) is 0.235. The first-order valence-electron chi connectivity index (χ1n) is 7.78. The topological polar surface area (TPSA) is 93.7 Å². The number of carbonyl (C=O) groups is 3. The van der Waals surface area contributed by atoms with Gasteiger partial charge >= 0.3 is 0 Å². The number of para-hydroxylation sites is 2. The van der Waals surface area contributed by atoms with Crippen LogP contribution in [-0.2, 0) is 9.59 Å². The van der Waals surface area contributed by atoms with Crippen LogP contribution in [0.25, 0.3) is 0 Å². The van der Waals surface area contributed by atoms with E-state index in [0.717, 1.165) is 11.3 Å². The molecule has 1 aromatic carbocycles. The summed E-state index contributed by atoms with van der Waals surface area (Å²) in [4.78, 5) is 36.3. The van der Waals surface area contributed by atoms with Crippen molar-refractivity contribution in [3.05, 3.63) is 45.6 Å². The number of thiophene rings is 1. The first-order valence-corrected chi connectivity index (χ1v) is 8.98. The highest BCUT2D eigenvalue weighted by Crippen LogP contribution is 2.30. The van der Waals surface area contributed by atoms with Crippen LogP contribution in [0.1, 0.15) is 22.5 Å². The Hall–Kier alpha value is -2.58. The highest BCUT2D eigenvalue weighted by Gasteiger charge is 2.27. The van der Waals surface area contributed by atoms with Crippen molar-refractivity contribution >= 4 is 40.5 Å². The van der Waals surface area contributed by atoms with E-state index in [9.17, 15) is 14.4 Å². The summed E-state index contributed by atoms with van der Waals surface area (Å²) in [5.41, 5.74) is 4.54. The summed E-state index contributed by atoms with van der Waals surface area (Å²) in [6.45, 7) is 0.0380. The number of benzene rings is 1. The lowest BCUT2D eigenvalue weighted by molar-refractivity contribution is -0.135. The summed E-state index contributed by atoms with van der Waals surface area (Å²) in [6, 6.07) is 10.2. The maximum absolute atomic E-state index is 12.1. The third-order valence-corrected chi connectivity index (χ3v) is 4.83. The van der Waals surface area contributed by atoms with Crippen molar-refractivity contribution in [2.45, 2.75) is 18.9 Å². The van der Waals surface area contributed by atoms with Gasteiger partial charge in [-0.1, -0.05) is 23.7 Å². The summed E-state index contributed by atoms with van der Waals surface area (Å²) in [6.07, 6.45) is -0.908. The molecular formula is C17H15ClN2O5S. The lowest BCUT2D eigenvalue weighted by Gasteiger charge is -2.25. The lowest BCUT2D eigenvalue weighted by atomic mass is 10.2. The minimum absolute atomic E-state index is 0.0228. The summed E-state index contributed by atoms with van der Waals surface area (Å²) >= 11 is 6.94. The van der Waals surface area contributed by atoms with E-state index in [-0.39, 0.29) is 25.2 Å². The molecule has 2 heterocycles. The molecule has 2 amide bonds. The van der Waals surface area contributed by atoms with Gasteiger partial charge < -0.3 is 9.47 Å². The highest BCUT2D eigenvalue weighted by atomic mass is 35.5. The Morgan fingerprint density at radius 1 is 1.08 bits per heavy atom. The lowest BCUT2D eigenvalue weighted by Crippen LogP contribution is -2.50. The molecule has 0 radical (unpaired) electrons. The molecule has 0 saturated heterocycles. The summed E-state index contributed by atoms with van der Waals surface area (Å²) < 4.78 is 11.5. The zero-order valence-electron chi connectivity index (χ0n) is 13.5. The fourth-order valence-electron chi connectivity index (χ4n) is 2.24. The van der Waals surface area contributed by atoms with Crippen LogP contribution in [0.2, 0.25) is 4.34 Å². The maximum atomic E-state index is 12.1. The van der Waals surface area contributed by atoms with Gasteiger partial charge in [0.25, 0.3) is 5.91 Å². The average molecular weight is 395 g/mol. The molecule has 1 atom stereocenters. The molecule has 3 rings (SSSR count). The first-order chi connectivity index (χ1) is 12.5. The number of hydrogen-bond acceptors (Lipinski definition) is 6. The van der Waals surface area contributed by atoms with E-state index in [1.807, 2.05) is 0 Å². The van der Waals surface area contributed by atoms with E-state index < -0.39 is 17.9 Å². The number of rotatable bonds is 5. The van der Waals surface area contributed by atoms with E-state index in [0.29, 0.717) is 20.7 Å². The Morgan fingerprint density at radius 2 is 1.85 bits per heavy atom. The highest BCUT2D eigenvalue weighted by molar-refractivity contribution is 7.18. The zero-order valence-corrected chi connectivity index (χ0v) is 15.1. The maximum Gasteiger partial charge on any atom is 0.283 e. The van der Waals surface area contributed by atoms with E-state index >= 15 is 0 Å². The minimum atomic E-state index is -0.875. The molecule has 9 heteroatoms. The Morgan fingerprint density at radius 3 is 2.58 bits per heavy atom. The molecule has 136 valence electrons. The van der Waals surface area contributed by atoms with Crippen molar-refractivity contribution in [1.29, 1.82) is 0 Å². The standard InChI is InChI=1S/C17H15ClN2O5S/c18-15-7-6-14(26-15)10(21)5-8-16(22)19-20-17(23)13-9-24-11-3-1-2-4-12(11)25-13/h1-4,6-7,13H,5,8-9H2,(H,19,22)(H,20,23)/t13-/m1/s1. The van der Waals surface area contributed by atoms with Crippen LogP contribution >= 0.6 is 22.9 Å². The van der Waals surface area contributed by atoms with E-state index in [2.05, 4.69) is 10.9 Å². The summed E-state index contributed by atoms with van der Waals surface area (Å²) in [7, 11) is 0. The number of carbonyl (C=O) groups excluding carboxylic acids is 3. The number of nitrogens with one attached hydrogen (secondary N) is 2. The first kappa shape index (κ1) is 18.2. The van der Waals surface area contributed by atoms with E-state index in [1.165, 1.54) is 0 Å². The number of amides is 2. The number of halogens is 1. The normalized spacial score (nSPS) is 15.2. The monoisotopic (exact) mass is 394 g/mol. The van der Waals surface area contributed by atoms with Crippen LogP contribution in [0.15, 0.2) is 36.4 Å². The quantitative estimate of drug-likeness (QED) is 0.599. The van der Waals surface area contributed by atoms with Crippen LogP contribution in [0, 0.1) is 0 Å². The van der Waals surface area contributed by atoms with Crippen molar-refractivity contribution in [3.63, 3.8) is 0 Å². The minimum Gasteiger partial charge on any atom is -0.485 e. The second kappa shape index (κ2) is 8.20. The molecular weight excluding hydrogens is 380 g/mol. The second-order valence-electron chi connectivity index (χ2n) is 5.43. The van der Waals surface area contributed by atoms with Gasteiger partial charge in [0.2, 0.25) is 12.0 Å². The number of fused-ring (bicyclic) bond motifs is 1. The molecule has 0 saturated carbocycles. The van der Waals surface area contributed by atoms with Crippen molar-refractivity contribution in [2.24, 2.45) is 0 Å². The van der Waals surface area contributed by atoms with Crippen molar-refractivity contribution < 1.29 is 23.9 Å². The number of ketones is 1. The Bertz CT molecular complexity index is 838. The molecule has 1 aromatic heterocycles. The van der Waals surface area contributed by atoms with Crippen molar-refractivity contribution in [1.82, 2.24) is 10.9 Å². The van der Waals surface area contributed by atoms with Crippen molar-refractivity contribution in [3.8, 4) is 11.5 Å². The molecule has 2 N–H and O–H groups in total. The van der Waals surface area contributed by atoms with Gasteiger partial charge in [0.05, 0.1) is 9.21 Å². The third kappa shape index (κ3) is 4.53. The molecule has 1 aliphatic rings. The fourth-order valence-corrected chi connectivity index (χ4v) is 3.25. The van der Waals surface area contributed by atoms with Crippen molar-refractivity contribution in [2.75, 3.05) is 6.61 Å². The van der Waals surface area contributed by atoms with Crippen LogP contribution in [0.4, 0.5) is 0 Å². The van der Waals surface area contributed by atoms with Gasteiger partial charge in [-0.25, -0.2) is 0 Å². The van der Waals surface area contributed by atoms with Gasteiger partial charge in [0.1, 0.15) is 6.61 Å². The summed E-state index contributed by atoms with van der Waals surface area (Å²) in [5, 5.41) is 0. The molecule has 26 heavy (non-hydrogen) atoms. The second-order valence-corrected chi connectivity index (χ2v) is 7.14. The van der Waals surface area contributed by atoms with E-state index in [4.69, 9.17) is 21.1 Å². The third-order valence-electron chi connectivity index (χ3n) is 3.55. The average Bonchev–Trinajstić information content (AvgIpc) is 3.10.